The van der Waals surface area contributed by atoms with Crippen LogP contribution >= 0.6 is 0 Å². The van der Waals surface area contributed by atoms with Crippen LogP contribution in [-0.2, 0) is 11.3 Å². The van der Waals surface area contributed by atoms with E-state index in [1.54, 1.807) is 19.2 Å². The standard InChI is InChI=1S/C21H22N6O3/c1-12-18(9-16-15-5-3-4-6-17(15)25-20(16)29)24-13(2)19(12)21(30)22-10-14(28)11-27-8-7-23-26-27/h3-9,14,24,28H,10-11H2,1-2H3,(H,22,30)(H,25,29). The first kappa shape index (κ1) is 19.6. The number of carbonyl (C=O) groups excluding carboxylic acids is 2. The van der Waals surface area contributed by atoms with Crippen molar-refractivity contribution in [1.29, 1.82) is 0 Å². The predicted molar refractivity (Wildman–Crippen MR) is 112 cm³/mol. The van der Waals surface area contributed by atoms with E-state index in [1.807, 2.05) is 31.2 Å². The van der Waals surface area contributed by atoms with E-state index in [-0.39, 0.29) is 24.9 Å². The largest absolute Gasteiger partial charge is 0.389 e. The molecule has 4 rings (SSSR count). The number of H-pyrrole nitrogens is 1. The van der Waals surface area contributed by atoms with E-state index < -0.39 is 6.10 Å². The topological polar surface area (TPSA) is 125 Å². The van der Waals surface area contributed by atoms with Gasteiger partial charge in [-0.15, -0.1) is 5.10 Å². The van der Waals surface area contributed by atoms with Gasteiger partial charge in [0.25, 0.3) is 11.8 Å². The molecule has 1 unspecified atom stereocenters. The van der Waals surface area contributed by atoms with E-state index in [1.165, 1.54) is 10.9 Å². The molecule has 3 aromatic rings. The minimum atomic E-state index is -0.796. The fourth-order valence-corrected chi connectivity index (χ4v) is 3.60. The van der Waals surface area contributed by atoms with E-state index in [2.05, 4.69) is 25.9 Å². The highest BCUT2D eigenvalue weighted by Gasteiger charge is 2.25. The number of aliphatic hydroxyl groups excluding tert-OH is 1. The van der Waals surface area contributed by atoms with Gasteiger partial charge in [0, 0.05) is 35.4 Å². The number of aromatic nitrogens is 4. The number of aromatic amines is 1. The predicted octanol–water partition coefficient (Wildman–Crippen LogP) is 1.51. The molecule has 0 fully saturated rings. The van der Waals surface area contributed by atoms with Crippen molar-refractivity contribution in [3.8, 4) is 0 Å². The van der Waals surface area contributed by atoms with E-state index >= 15 is 0 Å². The minimum Gasteiger partial charge on any atom is -0.389 e. The quantitative estimate of drug-likeness (QED) is 0.462. The number of aliphatic hydroxyl groups is 1. The molecule has 2 amide bonds. The maximum atomic E-state index is 12.7. The lowest BCUT2D eigenvalue weighted by molar-refractivity contribution is -0.110. The molecule has 0 radical (unpaired) electrons. The summed E-state index contributed by atoms with van der Waals surface area (Å²) in [4.78, 5) is 28.3. The van der Waals surface area contributed by atoms with Gasteiger partial charge < -0.3 is 20.7 Å². The van der Waals surface area contributed by atoms with Gasteiger partial charge in [0.05, 0.1) is 30.0 Å². The molecule has 0 saturated carbocycles. The molecule has 1 aliphatic heterocycles. The SMILES string of the molecule is Cc1[nH]c(C=C2C(=O)Nc3ccccc32)c(C)c1C(=O)NCC(O)Cn1ccnn1. The number of para-hydroxylation sites is 1. The zero-order valence-corrected chi connectivity index (χ0v) is 16.6. The van der Waals surface area contributed by atoms with Gasteiger partial charge in [0.1, 0.15) is 0 Å². The van der Waals surface area contributed by atoms with Crippen molar-refractivity contribution >= 4 is 29.2 Å². The second kappa shape index (κ2) is 7.96. The molecule has 1 aliphatic rings. The normalized spacial score (nSPS) is 15.2. The Hall–Kier alpha value is -3.72. The van der Waals surface area contributed by atoms with Gasteiger partial charge in [0.15, 0.2) is 0 Å². The fraction of sp³-hybridized carbons (Fsp3) is 0.238. The number of hydrogen-bond donors (Lipinski definition) is 4. The third-order valence-electron chi connectivity index (χ3n) is 5.07. The lowest BCUT2D eigenvalue weighted by Crippen LogP contribution is -2.35. The maximum Gasteiger partial charge on any atom is 0.256 e. The Morgan fingerprint density at radius 3 is 2.90 bits per heavy atom. The molecule has 0 bridgehead atoms. The van der Waals surface area contributed by atoms with Gasteiger partial charge in [0.2, 0.25) is 0 Å². The summed E-state index contributed by atoms with van der Waals surface area (Å²) in [6.07, 6.45) is 4.13. The van der Waals surface area contributed by atoms with E-state index in [9.17, 15) is 14.7 Å². The number of nitrogens with zero attached hydrogens (tertiary/aromatic N) is 3. The summed E-state index contributed by atoms with van der Waals surface area (Å²) in [5.74, 6) is -0.468. The Kier molecular flexibility index (Phi) is 5.20. The molecule has 4 N–H and O–H groups in total. The molecule has 3 heterocycles. The summed E-state index contributed by atoms with van der Waals surface area (Å²) < 4.78 is 1.50. The summed E-state index contributed by atoms with van der Waals surface area (Å²) in [6, 6.07) is 7.48. The van der Waals surface area contributed by atoms with Gasteiger partial charge in [-0.25, -0.2) is 4.68 Å². The molecule has 30 heavy (non-hydrogen) atoms. The molecule has 0 saturated heterocycles. The number of anilines is 1. The lowest BCUT2D eigenvalue weighted by atomic mass is 10.0. The number of fused-ring (bicyclic) bond motifs is 1. The third-order valence-corrected chi connectivity index (χ3v) is 5.07. The van der Waals surface area contributed by atoms with Crippen molar-refractivity contribution in [1.82, 2.24) is 25.3 Å². The van der Waals surface area contributed by atoms with Gasteiger partial charge >= 0.3 is 0 Å². The Balaban J connectivity index is 1.51. The van der Waals surface area contributed by atoms with Crippen molar-refractivity contribution in [2.24, 2.45) is 0 Å². The first-order valence-electron chi connectivity index (χ1n) is 9.56. The molecule has 0 spiro atoms. The van der Waals surface area contributed by atoms with Crippen LogP contribution in [0.15, 0.2) is 36.7 Å². The summed E-state index contributed by atoms with van der Waals surface area (Å²) in [5.41, 5.74) is 4.77. The zero-order valence-electron chi connectivity index (χ0n) is 16.6. The first-order chi connectivity index (χ1) is 14.4. The molecule has 9 heteroatoms. The minimum absolute atomic E-state index is 0.0783. The van der Waals surface area contributed by atoms with Crippen LogP contribution in [0.1, 0.15) is 32.9 Å². The van der Waals surface area contributed by atoms with Crippen molar-refractivity contribution < 1.29 is 14.7 Å². The van der Waals surface area contributed by atoms with Crippen LogP contribution in [0.3, 0.4) is 0 Å². The highest BCUT2D eigenvalue weighted by molar-refractivity contribution is 6.34. The second-order valence-electron chi connectivity index (χ2n) is 7.21. The molecule has 2 aromatic heterocycles. The van der Waals surface area contributed by atoms with Crippen molar-refractivity contribution in [2.45, 2.75) is 26.5 Å². The van der Waals surface area contributed by atoms with Gasteiger partial charge in [-0.05, 0) is 31.6 Å². The van der Waals surface area contributed by atoms with Crippen LogP contribution in [0.5, 0.6) is 0 Å². The number of rotatable bonds is 6. The fourth-order valence-electron chi connectivity index (χ4n) is 3.60. The smallest absolute Gasteiger partial charge is 0.256 e. The Morgan fingerprint density at radius 1 is 1.33 bits per heavy atom. The van der Waals surface area contributed by atoms with Gasteiger partial charge in [-0.3, -0.25) is 9.59 Å². The van der Waals surface area contributed by atoms with E-state index in [0.717, 1.165) is 16.8 Å². The Morgan fingerprint density at radius 2 is 2.13 bits per heavy atom. The average Bonchev–Trinajstić information content (AvgIpc) is 3.40. The Bertz CT molecular complexity index is 1130. The van der Waals surface area contributed by atoms with E-state index in [0.29, 0.717) is 22.5 Å². The van der Waals surface area contributed by atoms with Crippen LogP contribution in [-0.4, -0.2) is 49.5 Å². The summed E-state index contributed by atoms with van der Waals surface area (Å²) in [5, 5.41) is 23.2. The highest BCUT2D eigenvalue weighted by Crippen LogP contribution is 2.33. The summed E-state index contributed by atoms with van der Waals surface area (Å²) >= 11 is 0. The Labute approximate surface area is 172 Å². The van der Waals surface area contributed by atoms with Gasteiger partial charge in [-0.1, -0.05) is 23.4 Å². The molecule has 9 nitrogen and oxygen atoms in total. The summed E-state index contributed by atoms with van der Waals surface area (Å²) in [6.45, 7) is 3.94. The maximum absolute atomic E-state index is 12.7. The monoisotopic (exact) mass is 406 g/mol. The number of hydrogen-bond acceptors (Lipinski definition) is 5. The molecule has 1 aromatic carbocycles. The van der Waals surface area contributed by atoms with Crippen molar-refractivity contribution in [3.05, 3.63) is 64.7 Å². The molecular formula is C21H22N6O3. The zero-order chi connectivity index (χ0) is 21.3. The highest BCUT2D eigenvalue weighted by atomic mass is 16.3. The van der Waals surface area contributed by atoms with Gasteiger partial charge in [-0.2, -0.15) is 0 Å². The van der Waals surface area contributed by atoms with Crippen molar-refractivity contribution in [2.75, 3.05) is 11.9 Å². The molecule has 1 atom stereocenters. The van der Waals surface area contributed by atoms with E-state index in [4.69, 9.17) is 0 Å². The average molecular weight is 406 g/mol. The molecular weight excluding hydrogens is 384 g/mol. The van der Waals surface area contributed by atoms with Crippen LogP contribution in [0.2, 0.25) is 0 Å². The van der Waals surface area contributed by atoms with Crippen molar-refractivity contribution in [3.63, 3.8) is 0 Å². The molecule has 0 aliphatic carbocycles. The number of aryl methyl sites for hydroxylation is 1. The van der Waals surface area contributed by atoms with Crippen LogP contribution in [0, 0.1) is 13.8 Å². The molecule has 154 valence electrons. The number of benzene rings is 1. The number of amides is 2. The number of nitrogens with one attached hydrogen (secondary N) is 3. The van der Waals surface area contributed by atoms with Crippen LogP contribution in [0.4, 0.5) is 5.69 Å². The van der Waals surface area contributed by atoms with Crippen LogP contribution in [0.25, 0.3) is 11.6 Å². The summed E-state index contributed by atoms with van der Waals surface area (Å²) in [7, 11) is 0. The third kappa shape index (κ3) is 3.74. The lowest BCUT2D eigenvalue weighted by Gasteiger charge is -2.12. The first-order valence-corrected chi connectivity index (χ1v) is 9.56. The number of carbonyl (C=O) groups is 2. The second-order valence-corrected chi connectivity index (χ2v) is 7.21. The van der Waals surface area contributed by atoms with Crippen LogP contribution < -0.4 is 10.6 Å².